The van der Waals surface area contributed by atoms with Crippen molar-refractivity contribution in [2.45, 2.75) is 25.5 Å². The number of hydrogen-bond donors (Lipinski definition) is 1. The third-order valence-electron chi connectivity index (χ3n) is 3.65. The van der Waals surface area contributed by atoms with Gasteiger partial charge in [-0.25, -0.2) is 0 Å². The van der Waals surface area contributed by atoms with Gasteiger partial charge < -0.3 is 14.5 Å². The SMILES string of the molecule is CCCNC(c1cc2cccc(Cl)c2o1)C1CSCCO1. The van der Waals surface area contributed by atoms with Crippen LogP contribution in [0.2, 0.25) is 5.02 Å². The van der Waals surface area contributed by atoms with Crippen LogP contribution in [-0.4, -0.2) is 30.8 Å². The van der Waals surface area contributed by atoms with Gasteiger partial charge >= 0.3 is 0 Å². The molecule has 3 rings (SSSR count). The number of hydrogen-bond acceptors (Lipinski definition) is 4. The van der Waals surface area contributed by atoms with Crippen molar-refractivity contribution < 1.29 is 9.15 Å². The number of furan rings is 1. The number of thioether (sulfide) groups is 1. The van der Waals surface area contributed by atoms with Gasteiger partial charge in [0, 0.05) is 16.9 Å². The lowest BCUT2D eigenvalue weighted by Crippen LogP contribution is -2.38. The monoisotopic (exact) mass is 325 g/mol. The summed E-state index contributed by atoms with van der Waals surface area (Å²) in [5, 5.41) is 5.27. The van der Waals surface area contributed by atoms with Crippen LogP contribution in [-0.2, 0) is 4.74 Å². The van der Waals surface area contributed by atoms with Gasteiger partial charge in [-0.05, 0) is 25.1 Å². The van der Waals surface area contributed by atoms with E-state index in [1.807, 2.05) is 30.0 Å². The topological polar surface area (TPSA) is 34.4 Å². The Hall–Kier alpha value is -0.680. The van der Waals surface area contributed by atoms with Crippen LogP contribution in [0.15, 0.2) is 28.7 Å². The van der Waals surface area contributed by atoms with E-state index < -0.39 is 0 Å². The van der Waals surface area contributed by atoms with Crippen molar-refractivity contribution in [3.05, 3.63) is 35.0 Å². The van der Waals surface area contributed by atoms with Crippen LogP contribution in [0.25, 0.3) is 11.0 Å². The summed E-state index contributed by atoms with van der Waals surface area (Å²) >= 11 is 8.15. The van der Waals surface area contributed by atoms with Crippen molar-refractivity contribution in [1.29, 1.82) is 0 Å². The maximum Gasteiger partial charge on any atom is 0.152 e. The molecule has 0 saturated carbocycles. The highest BCUT2D eigenvalue weighted by molar-refractivity contribution is 7.99. The fourth-order valence-electron chi connectivity index (χ4n) is 2.61. The number of ether oxygens (including phenoxy) is 1. The second-order valence-corrected chi connectivity index (χ2v) is 6.78. The molecule has 5 heteroatoms. The first-order valence-electron chi connectivity index (χ1n) is 7.40. The second-order valence-electron chi connectivity index (χ2n) is 5.22. The smallest absolute Gasteiger partial charge is 0.152 e. The Morgan fingerprint density at radius 2 is 2.38 bits per heavy atom. The molecule has 0 amide bonds. The molecule has 21 heavy (non-hydrogen) atoms. The Kier molecular flexibility index (Phi) is 5.11. The van der Waals surface area contributed by atoms with Crippen molar-refractivity contribution in [3.63, 3.8) is 0 Å². The first-order valence-corrected chi connectivity index (χ1v) is 8.93. The minimum absolute atomic E-state index is 0.0845. The minimum Gasteiger partial charge on any atom is -0.458 e. The van der Waals surface area contributed by atoms with Crippen LogP contribution in [0.5, 0.6) is 0 Å². The number of nitrogens with one attached hydrogen (secondary N) is 1. The largest absolute Gasteiger partial charge is 0.458 e. The number of fused-ring (bicyclic) bond motifs is 1. The molecule has 0 spiro atoms. The molecule has 2 unspecified atom stereocenters. The maximum atomic E-state index is 6.22. The summed E-state index contributed by atoms with van der Waals surface area (Å²) in [7, 11) is 0. The van der Waals surface area contributed by atoms with Crippen molar-refractivity contribution in [2.24, 2.45) is 0 Å². The third kappa shape index (κ3) is 3.39. The van der Waals surface area contributed by atoms with Gasteiger partial charge in [0.25, 0.3) is 0 Å². The van der Waals surface area contributed by atoms with Gasteiger partial charge in [-0.1, -0.05) is 30.7 Å². The van der Waals surface area contributed by atoms with Crippen molar-refractivity contribution in [1.82, 2.24) is 5.32 Å². The minimum atomic E-state index is 0.0845. The lowest BCUT2D eigenvalue weighted by molar-refractivity contribution is 0.0414. The van der Waals surface area contributed by atoms with Crippen molar-refractivity contribution in [3.8, 4) is 0 Å². The standard InChI is InChI=1S/C16H20ClNO2S/c1-2-6-18-15(14-10-21-8-7-19-14)13-9-11-4-3-5-12(17)16(11)20-13/h3-5,9,14-15,18H,2,6-8,10H2,1H3. The molecule has 1 aliphatic rings. The average molecular weight is 326 g/mol. The number of benzene rings is 1. The summed E-state index contributed by atoms with van der Waals surface area (Å²) in [6, 6.07) is 8.00. The van der Waals surface area contributed by atoms with E-state index in [2.05, 4.69) is 18.3 Å². The third-order valence-corrected chi connectivity index (χ3v) is 4.97. The average Bonchev–Trinajstić information content (AvgIpc) is 2.94. The molecule has 0 bridgehead atoms. The fraction of sp³-hybridized carbons (Fsp3) is 0.500. The van der Waals surface area contributed by atoms with Gasteiger partial charge in [-0.15, -0.1) is 0 Å². The normalized spacial score (nSPS) is 20.8. The summed E-state index contributed by atoms with van der Waals surface area (Å²) in [5.41, 5.74) is 0.765. The Labute approximate surface area is 134 Å². The number of rotatable bonds is 5. The molecular formula is C16H20ClNO2S. The maximum absolute atomic E-state index is 6.22. The van der Waals surface area contributed by atoms with Crippen LogP contribution in [0.3, 0.4) is 0 Å². The first-order chi connectivity index (χ1) is 10.3. The van der Waals surface area contributed by atoms with E-state index in [1.54, 1.807) is 0 Å². The van der Waals surface area contributed by atoms with Crippen LogP contribution < -0.4 is 5.32 Å². The quantitative estimate of drug-likeness (QED) is 0.890. The van der Waals surface area contributed by atoms with Gasteiger partial charge in [0.2, 0.25) is 0 Å². The summed E-state index contributed by atoms with van der Waals surface area (Å²) in [4.78, 5) is 0. The molecule has 0 aliphatic carbocycles. The van der Waals surface area contributed by atoms with E-state index in [9.17, 15) is 0 Å². The Morgan fingerprint density at radius 3 is 3.10 bits per heavy atom. The van der Waals surface area contributed by atoms with E-state index in [4.69, 9.17) is 20.8 Å². The van der Waals surface area contributed by atoms with E-state index in [0.29, 0.717) is 5.02 Å². The Morgan fingerprint density at radius 1 is 1.48 bits per heavy atom. The molecule has 1 aromatic heterocycles. The zero-order valence-electron chi connectivity index (χ0n) is 12.1. The lowest BCUT2D eigenvalue weighted by atomic mass is 10.1. The lowest BCUT2D eigenvalue weighted by Gasteiger charge is -2.29. The molecule has 0 radical (unpaired) electrons. The van der Waals surface area contributed by atoms with Crippen LogP contribution in [0.4, 0.5) is 0 Å². The highest BCUT2D eigenvalue weighted by Crippen LogP contribution is 2.32. The van der Waals surface area contributed by atoms with E-state index in [1.165, 1.54) is 0 Å². The molecule has 2 aromatic rings. The zero-order valence-corrected chi connectivity index (χ0v) is 13.7. The van der Waals surface area contributed by atoms with E-state index in [-0.39, 0.29) is 12.1 Å². The summed E-state index contributed by atoms with van der Waals surface area (Å²) in [6.07, 6.45) is 1.23. The van der Waals surface area contributed by atoms with Crippen LogP contribution in [0, 0.1) is 0 Å². The van der Waals surface area contributed by atoms with Crippen molar-refractivity contribution >= 4 is 34.3 Å². The molecule has 114 valence electrons. The molecule has 2 atom stereocenters. The highest BCUT2D eigenvalue weighted by atomic mass is 35.5. The predicted octanol–water partition coefficient (Wildman–Crippen LogP) is 4.26. The number of para-hydroxylation sites is 1. The van der Waals surface area contributed by atoms with E-state index in [0.717, 1.165) is 47.8 Å². The highest BCUT2D eigenvalue weighted by Gasteiger charge is 2.28. The summed E-state index contributed by atoms with van der Waals surface area (Å²) in [5.74, 6) is 2.98. The van der Waals surface area contributed by atoms with Gasteiger partial charge in [-0.3, -0.25) is 0 Å². The predicted molar refractivity (Wildman–Crippen MR) is 89.3 cm³/mol. The van der Waals surface area contributed by atoms with Gasteiger partial charge in [0.1, 0.15) is 5.76 Å². The van der Waals surface area contributed by atoms with Crippen LogP contribution in [0.1, 0.15) is 25.1 Å². The van der Waals surface area contributed by atoms with E-state index >= 15 is 0 Å². The molecule has 3 nitrogen and oxygen atoms in total. The van der Waals surface area contributed by atoms with Gasteiger partial charge in [0.15, 0.2) is 5.58 Å². The molecule has 1 aliphatic heterocycles. The molecular weight excluding hydrogens is 306 g/mol. The molecule has 1 fully saturated rings. The molecule has 1 saturated heterocycles. The molecule has 2 heterocycles. The summed E-state index contributed by atoms with van der Waals surface area (Å²) in [6.45, 7) is 3.91. The van der Waals surface area contributed by atoms with Crippen molar-refractivity contribution in [2.75, 3.05) is 24.7 Å². The zero-order chi connectivity index (χ0) is 14.7. The summed E-state index contributed by atoms with van der Waals surface area (Å²) < 4.78 is 12.0. The second kappa shape index (κ2) is 7.05. The fourth-order valence-corrected chi connectivity index (χ4v) is 3.74. The van der Waals surface area contributed by atoms with Gasteiger partial charge in [0.05, 0.1) is 23.8 Å². The molecule has 1 N–H and O–H groups in total. The van der Waals surface area contributed by atoms with Gasteiger partial charge in [-0.2, -0.15) is 11.8 Å². The molecule has 1 aromatic carbocycles. The number of halogens is 1. The Bertz CT molecular complexity index is 595. The van der Waals surface area contributed by atoms with Crippen LogP contribution >= 0.6 is 23.4 Å². The first kappa shape index (κ1) is 15.2. The Balaban J connectivity index is 1.90.